The van der Waals surface area contributed by atoms with E-state index in [1.165, 1.54) is 19.3 Å². The van der Waals surface area contributed by atoms with Gasteiger partial charge in [-0.2, -0.15) is 0 Å². The second kappa shape index (κ2) is 7.15. The molecule has 136 valence electrons. The number of carbonyl (C=O) groups excluding carboxylic acids is 1. The molecule has 0 unspecified atom stereocenters. The van der Waals surface area contributed by atoms with Crippen LogP contribution in [0.1, 0.15) is 44.9 Å². The minimum Gasteiger partial charge on any atom is -0.389 e. The molecule has 2 amide bonds. The highest BCUT2D eigenvalue weighted by molar-refractivity contribution is 5.74. The molecule has 1 aliphatic carbocycles. The van der Waals surface area contributed by atoms with Crippen LogP contribution in [-0.2, 0) is 9.47 Å². The van der Waals surface area contributed by atoms with Crippen molar-refractivity contribution in [2.75, 3.05) is 19.7 Å². The quantitative estimate of drug-likeness (QED) is 0.700. The number of likely N-dealkylation sites (tertiary alicyclic amines) is 1. The van der Waals surface area contributed by atoms with Gasteiger partial charge in [0.2, 0.25) is 0 Å². The molecule has 2 bridgehead atoms. The third-order valence-electron chi connectivity index (χ3n) is 5.93. The Bertz CT molecular complexity index is 449. The second-order valence-electron chi connectivity index (χ2n) is 7.58. The van der Waals surface area contributed by atoms with Crippen molar-refractivity contribution in [1.82, 2.24) is 15.5 Å². The number of nitrogens with one attached hydrogen (secondary N) is 2. The van der Waals surface area contributed by atoms with E-state index >= 15 is 0 Å². The van der Waals surface area contributed by atoms with Gasteiger partial charge in [0.15, 0.2) is 6.29 Å². The van der Waals surface area contributed by atoms with E-state index in [0.717, 1.165) is 38.8 Å². The lowest BCUT2D eigenvalue weighted by molar-refractivity contribution is -0.177. The minimum atomic E-state index is -0.661. The van der Waals surface area contributed by atoms with E-state index in [9.17, 15) is 9.90 Å². The van der Waals surface area contributed by atoms with Crippen LogP contribution in [0.4, 0.5) is 4.79 Å². The van der Waals surface area contributed by atoms with Crippen molar-refractivity contribution in [1.29, 1.82) is 0 Å². The lowest BCUT2D eigenvalue weighted by atomic mass is 9.94. The van der Waals surface area contributed by atoms with Crippen molar-refractivity contribution in [3.05, 3.63) is 0 Å². The SMILES string of the molecule is O=C(NC1CCCCC1)N[C@H]1[C@H](O)[C@@H](N2CCCC2)[C@@H]2OC[C@H]1O2. The zero-order valence-corrected chi connectivity index (χ0v) is 14.2. The number of nitrogens with zero attached hydrogens (tertiary/aromatic N) is 1. The van der Waals surface area contributed by atoms with Gasteiger partial charge in [0.05, 0.1) is 24.8 Å². The fourth-order valence-electron chi connectivity index (χ4n) is 4.63. The fraction of sp³-hybridized carbons (Fsp3) is 0.941. The first-order valence-electron chi connectivity index (χ1n) is 9.48. The summed E-state index contributed by atoms with van der Waals surface area (Å²) < 4.78 is 11.7. The summed E-state index contributed by atoms with van der Waals surface area (Å²) in [5.41, 5.74) is 0. The maximum atomic E-state index is 12.4. The van der Waals surface area contributed by atoms with Gasteiger partial charge < -0.3 is 25.2 Å². The number of fused-ring (bicyclic) bond motifs is 2. The number of aliphatic hydroxyl groups excluding tert-OH is 1. The lowest BCUT2D eigenvalue weighted by Gasteiger charge is -2.42. The molecule has 7 heteroatoms. The van der Waals surface area contributed by atoms with Crippen LogP contribution in [0.5, 0.6) is 0 Å². The maximum Gasteiger partial charge on any atom is 0.315 e. The highest BCUT2D eigenvalue weighted by Gasteiger charge is 2.52. The predicted molar refractivity (Wildman–Crippen MR) is 87.5 cm³/mol. The molecule has 4 rings (SSSR count). The zero-order chi connectivity index (χ0) is 16.5. The Hall–Kier alpha value is -0.890. The highest BCUT2D eigenvalue weighted by atomic mass is 16.7. The van der Waals surface area contributed by atoms with Crippen molar-refractivity contribution in [3.8, 4) is 0 Å². The Balaban J connectivity index is 1.38. The molecule has 0 spiro atoms. The smallest absolute Gasteiger partial charge is 0.315 e. The summed E-state index contributed by atoms with van der Waals surface area (Å²) >= 11 is 0. The molecule has 3 heterocycles. The van der Waals surface area contributed by atoms with Crippen LogP contribution < -0.4 is 10.6 Å². The zero-order valence-electron chi connectivity index (χ0n) is 14.2. The minimum absolute atomic E-state index is 0.189. The van der Waals surface area contributed by atoms with Crippen molar-refractivity contribution >= 4 is 6.03 Å². The van der Waals surface area contributed by atoms with Gasteiger partial charge in [0.25, 0.3) is 0 Å². The Morgan fingerprint density at radius 2 is 1.79 bits per heavy atom. The number of amides is 2. The van der Waals surface area contributed by atoms with Crippen LogP contribution in [0.15, 0.2) is 0 Å². The molecule has 5 atom stereocenters. The number of carbonyl (C=O) groups is 1. The second-order valence-corrected chi connectivity index (χ2v) is 7.58. The van der Waals surface area contributed by atoms with Crippen LogP contribution in [0.3, 0.4) is 0 Å². The van der Waals surface area contributed by atoms with Crippen molar-refractivity contribution < 1.29 is 19.4 Å². The molecule has 3 aliphatic heterocycles. The molecule has 4 aliphatic rings. The van der Waals surface area contributed by atoms with E-state index in [0.29, 0.717) is 6.61 Å². The molecule has 0 aromatic rings. The number of urea groups is 1. The van der Waals surface area contributed by atoms with E-state index in [2.05, 4.69) is 15.5 Å². The molecule has 7 nitrogen and oxygen atoms in total. The summed E-state index contributed by atoms with van der Waals surface area (Å²) in [4.78, 5) is 14.6. The van der Waals surface area contributed by atoms with E-state index in [4.69, 9.17) is 9.47 Å². The third-order valence-corrected chi connectivity index (χ3v) is 5.93. The molecule has 0 aromatic heterocycles. The highest BCUT2D eigenvalue weighted by Crippen LogP contribution is 2.33. The van der Waals surface area contributed by atoms with Gasteiger partial charge in [0, 0.05) is 6.04 Å². The molecule has 3 saturated heterocycles. The summed E-state index contributed by atoms with van der Waals surface area (Å²) in [6, 6.07) is -0.549. The Morgan fingerprint density at radius 3 is 2.54 bits per heavy atom. The number of hydrogen-bond acceptors (Lipinski definition) is 5. The van der Waals surface area contributed by atoms with Gasteiger partial charge >= 0.3 is 6.03 Å². The Labute approximate surface area is 143 Å². The van der Waals surface area contributed by atoms with E-state index in [-0.39, 0.29) is 30.5 Å². The standard InChI is InChI=1S/C17H29N3O4/c21-15-13(19-17(22)18-11-6-2-1-3-7-11)12-10-23-16(24-12)14(15)20-8-4-5-9-20/h11-16,21H,1-10H2,(H2,18,19,22)/t12-,13-,14-,15+,16-/m1/s1. The average Bonchev–Trinajstić information content (AvgIpc) is 3.24. The van der Waals surface area contributed by atoms with Crippen LogP contribution in [0, 0.1) is 0 Å². The summed E-state index contributed by atoms with van der Waals surface area (Å²) in [6.45, 7) is 2.34. The Kier molecular flexibility index (Phi) is 4.94. The molecule has 0 aromatic carbocycles. The van der Waals surface area contributed by atoms with Crippen LogP contribution >= 0.6 is 0 Å². The van der Waals surface area contributed by atoms with Crippen LogP contribution in [0.2, 0.25) is 0 Å². The molecule has 24 heavy (non-hydrogen) atoms. The van der Waals surface area contributed by atoms with Crippen molar-refractivity contribution in [2.45, 2.75) is 81.6 Å². The third kappa shape index (κ3) is 3.27. The molecule has 1 saturated carbocycles. The molecule has 3 N–H and O–H groups in total. The molecule has 0 radical (unpaired) electrons. The number of ether oxygens (including phenoxy) is 2. The summed E-state index contributed by atoms with van der Waals surface area (Å²) in [6.07, 6.45) is 6.68. The first kappa shape index (κ1) is 16.6. The van der Waals surface area contributed by atoms with Gasteiger partial charge in [-0.15, -0.1) is 0 Å². The number of aliphatic hydroxyl groups is 1. The summed E-state index contributed by atoms with van der Waals surface area (Å²) in [7, 11) is 0. The van der Waals surface area contributed by atoms with Gasteiger partial charge in [0.1, 0.15) is 6.10 Å². The molecule has 4 fully saturated rings. The summed E-state index contributed by atoms with van der Waals surface area (Å²) in [5, 5.41) is 16.9. The van der Waals surface area contributed by atoms with E-state index in [1.807, 2.05) is 0 Å². The van der Waals surface area contributed by atoms with E-state index < -0.39 is 12.1 Å². The summed E-state index contributed by atoms with van der Waals surface area (Å²) in [5.74, 6) is 0. The first-order chi connectivity index (χ1) is 11.7. The number of hydrogen-bond donors (Lipinski definition) is 3. The van der Waals surface area contributed by atoms with Gasteiger partial charge in [-0.3, -0.25) is 4.90 Å². The molecular weight excluding hydrogens is 310 g/mol. The average molecular weight is 339 g/mol. The van der Waals surface area contributed by atoms with Crippen LogP contribution in [-0.4, -0.2) is 72.4 Å². The van der Waals surface area contributed by atoms with Crippen molar-refractivity contribution in [2.24, 2.45) is 0 Å². The monoisotopic (exact) mass is 339 g/mol. The van der Waals surface area contributed by atoms with Gasteiger partial charge in [-0.25, -0.2) is 4.79 Å². The predicted octanol–water partition coefficient (Wildman–Crippen LogP) is 0.567. The van der Waals surface area contributed by atoms with Crippen molar-refractivity contribution in [3.63, 3.8) is 0 Å². The van der Waals surface area contributed by atoms with Gasteiger partial charge in [-0.05, 0) is 38.8 Å². The molecular formula is C17H29N3O4. The topological polar surface area (TPSA) is 83.1 Å². The van der Waals surface area contributed by atoms with Crippen LogP contribution in [0.25, 0.3) is 0 Å². The van der Waals surface area contributed by atoms with Gasteiger partial charge in [-0.1, -0.05) is 19.3 Å². The van der Waals surface area contributed by atoms with E-state index in [1.54, 1.807) is 0 Å². The number of rotatable bonds is 3. The maximum absolute atomic E-state index is 12.4. The first-order valence-corrected chi connectivity index (χ1v) is 9.48. The fourth-order valence-corrected chi connectivity index (χ4v) is 4.63. The Morgan fingerprint density at radius 1 is 1.04 bits per heavy atom. The lowest BCUT2D eigenvalue weighted by Crippen LogP contribution is -2.66. The normalized spacial score (nSPS) is 40.6. The largest absolute Gasteiger partial charge is 0.389 e.